The second kappa shape index (κ2) is 4.94. The number of aliphatic hydroxyl groups excluding tert-OH is 1. The van der Waals surface area contributed by atoms with Crippen molar-refractivity contribution in [2.24, 2.45) is 23.2 Å². The molecular weight excluding hydrogens is 264 g/mol. The number of hydrogen-bond donors (Lipinski definition) is 1. The predicted molar refractivity (Wildman–Crippen MR) is 78.8 cm³/mol. The minimum Gasteiger partial charge on any atom is -0.480 e. The highest BCUT2D eigenvalue weighted by atomic mass is 16.5. The topological polar surface area (TPSA) is 55.2 Å². The van der Waals surface area contributed by atoms with Gasteiger partial charge in [0, 0.05) is 12.4 Å². The molecule has 21 heavy (non-hydrogen) atoms. The predicted octanol–water partition coefficient (Wildman–Crippen LogP) is 3.13. The van der Waals surface area contributed by atoms with Gasteiger partial charge in [0.25, 0.3) is 0 Å². The number of methoxy groups -OCH3 is 1. The summed E-state index contributed by atoms with van der Waals surface area (Å²) >= 11 is 0. The molecule has 0 aliphatic heterocycles. The first-order chi connectivity index (χ1) is 10.2. The van der Waals surface area contributed by atoms with Crippen LogP contribution < -0.4 is 4.74 Å². The third kappa shape index (κ3) is 2.33. The Morgan fingerprint density at radius 1 is 1.14 bits per heavy atom. The van der Waals surface area contributed by atoms with Gasteiger partial charge in [0.15, 0.2) is 0 Å². The molecule has 0 aromatic carbocycles. The van der Waals surface area contributed by atoms with Gasteiger partial charge >= 0.3 is 0 Å². The van der Waals surface area contributed by atoms with E-state index in [2.05, 4.69) is 9.97 Å². The smallest absolute Gasteiger partial charge is 0.238 e. The molecule has 0 radical (unpaired) electrons. The van der Waals surface area contributed by atoms with E-state index in [4.69, 9.17) is 4.74 Å². The SMILES string of the molecule is COc1nccnc1C(O)CC12CC3CC(CC(C3)C1)C2. The number of ether oxygens (including phenoxy) is 1. The van der Waals surface area contributed by atoms with E-state index in [0.29, 0.717) is 17.0 Å². The van der Waals surface area contributed by atoms with Crippen LogP contribution in [0, 0.1) is 23.2 Å². The van der Waals surface area contributed by atoms with Gasteiger partial charge in [0.05, 0.1) is 7.11 Å². The fourth-order valence-electron chi connectivity index (χ4n) is 5.77. The summed E-state index contributed by atoms with van der Waals surface area (Å²) in [7, 11) is 1.59. The van der Waals surface area contributed by atoms with Gasteiger partial charge < -0.3 is 9.84 Å². The third-order valence-electron chi connectivity index (χ3n) is 5.99. The molecule has 1 unspecified atom stereocenters. The molecule has 5 rings (SSSR count). The lowest BCUT2D eigenvalue weighted by Crippen LogP contribution is -2.46. The Balaban J connectivity index is 1.55. The van der Waals surface area contributed by atoms with Gasteiger partial charge in [-0.2, -0.15) is 0 Å². The first-order valence-corrected chi connectivity index (χ1v) is 8.20. The average Bonchev–Trinajstić information content (AvgIpc) is 2.45. The van der Waals surface area contributed by atoms with Gasteiger partial charge in [-0.05, 0) is 68.1 Å². The second-order valence-corrected chi connectivity index (χ2v) is 7.59. The van der Waals surface area contributed by atoms with Crippen molar-refractivity contribution in [1.82, 2.24) is 9.97 Å². The monoisotopic (exact) mass is 288 g/mol. The lowest BCUT2D eigenvalue weighted by Gasteiger charge is -2.57. The van der Waals surface area contributed by atoms with Crippen LogP contribution in [-0.4, -0.2) is 22.2 Å². The molecule has 0 amide bonds. The molecule has 0 saturated heterocycles. The van der Waals surface area contributed by atoms with E-state index in [1.807, 2.05) is 0 Å². The Kier molecular flexibility index (Phi) is 3.18. The van der Waals surface area contributed by atoms with E-state index in [9.17, 15) is 5.11 Å². The van der Waals surface area contributed by atoms with Crippen LogP contribution in [-0.2, 0) is 0 Å². The summed E-state index contributed by atoms with van der Waals surface area (Å²) in [6.07, 6.45) is 11.7. The second-order valence-electron chi connectivity index (χ2n) is 7.59. The van der Waals surface area contributed by atoms with Gasteiger partial charge in [-0.3, -0.25) is 4.98 Å². The molecule has 1 aromatic heterocycles. The zero-order valence-electron chi connectivity index (χ0n) is 12.7. The average molecular weight is 288 g/mol. The maximum atomic E-state index is 10.7. The van der Waals surface area contributed by atoms with Crippen molar-refractivity contribution in [3.63, 3.8) is 0 Å². The molecule has 4 bridgehead atoms. The number of aromatic nitrogens is 2. The van der Waals surface area contributed by atoms with Crippen LogP contribution in [0.25, 0.3) is 0 Å². The van der Waals surface area contributed by atoms with Crippen LogP contribution in [0.2, 0.25) is 0 Å². The Labute approximate surface area is 126 Å². The zero-order valence-corrected chi connectivity index (χ0v) is 12.7. The Hall–Kier alpha value is -1.16. The van der Waals surface area contributed by atoms with Gasteiger partial charge in [0.1, 0.15) is 11.8 Å². The highest BCUT2D eigenvalue weighted by Crippen LogP contribution is 2.62. The molecule has 0 spiro atoms. The summed E-state index contributed by atoms with van der Waals surface area (Å²) in [6, 6.07) is 0. The standard InChI is InChI=1S/C17H24N2O2/c1-21-16-15(18-2-3-19-16)14(20)10-17-7-11-4-12(8-17)6-13(5-11)9-17/h2-3,11-14,20H,4-10H2,1H3. The van der Waals surface area contributed by atoms with Gasteiger partial charge in [-0.25, -0.2) is 4.98 Å². The Morgan fingerprint density at radius 2 is 1.71 bits per heavy atom. The van der Waals surface area contributed by atoms with E-state index in [1.165, 1.54) is 38.5 Å². The highest BCUT2D eigenvalue weighted by Gasteiger charge is 2.51. The van der Waals surface area contributed by atoms with Crippen LogP contribution >= 0.6 is 0 Å². The first kappa shape index (κ1) is 13.5. The van der Waals surface area contributed by atoms with E-state index in [-0.39, 0.29) is 0 Å². The molecule has 1 N–H and O–H groups in total. The maximum absolute atomic E-state index is 10.7. The lowest BCUT2D eigenvalue weighted by atomic mass is 9.48. The van der Waals surface area contributed by atoms with Crippen LogP contribution in [0.1, 0.15) is 56.7 Å². The normalized spacial score (nSPS) is 38.5. The summed E-state index contributed by atoms with van der Waals surface area (Å²) in [5, 5.41) is 10.7. The van der Waals surface area contributed by atoms with Crippen LogP contribution in [0.3, 0.4) is 0 Å². The maximum Gasteiger partial charge on any atom is 0.238 e. The number of rotatable bonds is 4. The molecule has 1 atom stereocenters. The number of hydrogen-bond acceptors (Lipinski definition) is 4. The summed E-state index contributed by atoms with van der Waals surface area (Å²) in [5.74, 6) is 3.20. The molecule has 4 aliphatic carbocycles. The molecular formula is C17H24N2O2. The van der Waals surface area contributed by atoms with Crippen molar-refractivity contribution < 1.29 is 9.84 Å². The van der Waals surface area contributed by atoms with Crippen molar-refractivity contribution in [1.29, 1.82) is 0 Å². The molecule has 4 saturated carbocycles. The molecule has 4 aliphatic rings. The summed E-state index contributed by atoms with van der Waals surface area (Å²) < 4.78 is 5.25. The van der Waals surface area contributed by atoms with Crippen LogP contribution in [0.15, 0.2) is 12.4 Å². The highest BCUT2D eigenvalue weighted by molar-refractivity contribution is 5.20. The zero-order chi connectivity index (χ0) is 14.4. The summed E-state index contributed by atoms with van der Waals surface area (Å²) in [5.41, 5.74) is 0.951. The summed E-state index contributed by atoms with van der Waals surface area (Å²) in [4.78, 5) is 8.48. The molecule has 4 heteroatoms. The van der Waals surface area contributed by atoms with Gasteiger partial charge in [-0.15, -0.1) is 0 Å². The van der Waals surface area contributed by atoms with E-state index >= 15 is 0 Å². The molecule has 4 nitrogen and oxygen atoms in total. The fraction of sp³-hybridized carbons (Fsp3) is 0.765. The number of nitrogens with zero attached hydrogens (tertiary/aromatic N) is 2. The van der Waals surface area contributed by atoms with Crippen molar-refractivity contribution in [2.75, 3.05) is 7.11 Å². The molecule has 4 fully saturated rings. The lowest BCUT2D eigenvalue weighted by molar-refractivity contribution is -0.0771. The van der Waals surface area contributed by atoms with Gasteiger partial charge in [-0.1, -0.05) is 0 Å². The van der Waals surface area contributed by atoms with Crippen molar-refractivity contribution >= 4 is 0 Å². The molecule has 1 heterocycles. The van der Waals surface area contributed by atoms with E-state index in [1.54, 1.807) is 19.5 Å². The van der Waals surface area contributed by atoms with Crippen molar-refractivity contribution in [3.05, 3.63) is 18.1 Å². The van der Waals surface area contributed by atoms with Crippen molar-refractivity contribution in [2.45, 2.75) is 51.0 Å². The largest absolute Gasteiger partial charge is 0.480 e. The van der Waals surface area contributed by atoms with Crippen molar-refractivity contribution in [3.8, 4) is 5.88 Å². The fourth-order valence-corrected chi connectivity index (χ4v) is 5.77. The van der Waals surface area contributed by atoms with Crippen LogP contribution in [0.4, 0.5) is 0 Å². The summed E-state index contributed by atoms with van der Waals surface area (Å²) in [6.45, 7) is 0. The molecule has 114 valence electrons. The quantitative estimate of drug-likeness (QED) is 0.925. The Bertz CT molecular complexity index is 496. The number of aliphatic hydroxyl groups is 1. The van der Waals surface area contributed by atoms with E-state index in [0.717, 1.165) is 24.2 Å². The van der Waals surface area contributed by atoms with Crippen LogP contribution in [0.5, 0.6) is 5.88 Å². The molecule has 1 aromatic rings. The van der Waals surface area contributed by atoms with E-state index < -0.39 is 6.10 Å². The third-order valence-corrected chi connectivity index (χ3v) is 5.99. The van der Waals surface area contributed by atoms with Gasteiger partial charge in [0.2, 0.25) is 5.88 Å². The minimum absolute atomic E-state index is 0.344. The first-order valence-electron chi connectivity index (χ1n) is 8.20. The Morgan fingerprint density at radius 3 is 2.29 bits per heavy atom. The minimum atomic E-state index is -0.551.